The summed E-state index contributed by atoms with van der Waals surface area (Å²) in [6.07, 6.45) is 6.13. The number of hydrogen-bond acceptors (Lipinski definition) is 3. The van der Waals surface area contributed by atoms with Crippen LogP contribution >= 0.6 is 0 Å². The summed E-state index contributed by atoms with van der Waals surface area (Å²) in [5.74, 6) is -1.000. The van der Waals surface area contributed by atoms with E-state index >= 15 is 0 Å². The van der Waals surface area contributed by atoms with E-state index in [2.05, 4.69) is 4.72 Å². The van der Waals surface area contributed by atoms with Crippen LogP contribution in [0.15, 0.2) is 0 Å². The standard InChI is InChI=1S/C12H23NO4S/c1-2-11(10-6-4-3-5-7-10)13-18(16,17)9-8-12(14)15/h10-11,13H,2-9H2,1H3,(H,14,15). The topological polar surface area (TPSA) is 83.5 Å². The quantitative estimate of drug-likeness (QED) is 0.742. The molecule has 0 aromatic carbocycles. The predicted octanol–water partition coefficient (Wildman–Crippen LogP) is 1.74. The van der Waals surface area contributed by atoms with Crippen molar-refractivity contribution in [2.45, 2.75) is 57.9 Å². The van der Waals surface area contributed by atoms with E-state index in [4.69, 9.17) is 5.11 Å². The summed E-state index contributed by atoms with van der Waals surface area (Å²) in [5.41, 5.74) is 0. The van der Waals surface area contributed by atoms with Gasteiger partial charge >= 0.3 is 5.97 Å². The van der Waals surface area contributed by atoms with E-state index < -0.39 is 16.0 Å². The largest absolute Gasteiger partial charge is 0.481 e. The second-order valence-corrected chi connectivity index (χ2v) is 6.87. The Morgan fingerprint density at radius 2 is 1.94 bits per heavy atom. The Bertz CT molecular complexity index is 360. The van der Waals surface area contributed by atoms with Crippen molar-refractivity contribution < 1.29 is 18.3 Å². The first kappa shape index (κ1) is 15.4. The zero-order valence-corrected chi connectivity index (χ0v) is 11.7. The number of aliphatic carboxylic acids is 1. The molecule has 0 amide bonds. The molecule has 1 unspecified atom stereocenters. The summed E-state index contributed by atoms with van der Waals surface area (Å²) >= 11 is 0. The molecule has 1 atom stereocenters. The fourth-order valence-electron chi connectivity index (χ4n) is 2.56. The minimum atomic E-state index is -3.47. The number of nitrogens with one attached hydrogen (secondary N) is 1. The molecule has 0 aliphatic heterocycles. The van der Waals surface area contributed by atoms with E-state index in [0.717, 1.165) is 32.1 Å². The summed E-state index contributed by atoms with van der Waals surface area (Å²) in [6.45, 7) is 1.97. The molecule has 0 aromatic heterocycles. The van der Waals surface area contributed by atoms with Gasteiger partial charge in [-0.25, -0.2) is 13.1 Å². The maximum absolute atomic E-state index is 11.8. The molecular formula is C12H23NO4S. The Labute approximate surface area is 109 Å². The lowest BCUT2D eigenvalue weighted by Gasteiger charge is -2.30. The lowest BCUT2D eigenvalue weighted by Crippen LogP contribution is -2.41. The molecule has 0 bridgehead atoms. The Balaban J connectivity index is 2.52. The summed E-state index contributed by atoms with van der Waals surface area (Å²) < 4.78 is 26.2. The van der Waals surface area contributed by atoms with Crippen LogP contribution in [0.25, 0.3) is 0 Å². The van der Waals surface area contributed by atoms with Crippen molar-refractivity contribution in [1.29, 1.82) is 0 Å². The third kappa shape index (κ3) is 5.35. The molecule has 1 aliphatic carbocycles. The Morgan fingerprint density at radius 3 is 2.44 bits per heavy atom. The lowest BCUT2D eigenvalue weighted by atomic mass is 9.83. The first-order valence-corrected chi connectivity index (χ1v) is 8.31. The molecule has 0 heterocycles. The van der Waals surface area contributed by atoms with Crippen molar-refractivity contribution in [1.82, 2.24) is 4.72 Å². The highest BCUT2D eigenvalue weighted by molar-refractivity contribution is 7.89. The number of rotatable bonds is 7. The predicted molar refractivity (Wildman–Crippen MR) is 69.8 cm³/mol. The fourth-order valence-corrected chi connectivity index (χ4v) is 3.94. The zero-order valence-electron chi connectivity index (χ0n) is 10.9. The van der Waals surface area contributed by atoms with E-state index in [1.807, 2.05) is 6.92 Å². The zero-order chi connectivity index (χ0) is 13.6. The molecule has 1 fully saturated rings. The number of carboxylic acid groups (broad SMARTS) is 1. The first-order chi connectivity index (χ1) is 8.44. The fraction of sp³-hybridized carbons (Fsp3) is 0.917. The van der Waals surface area contributed by atoms with E-state index in [0.29, 0.717) is 5.92 Å². The highest BCUT2D eigenvalue weighted by atomic mass is 32.2. The molecule has 0 saturated heterocycles. The van der Waals surface area contributed by atoms with Crippen molar-refractivity contribution >= 4 is 16.0 Å². The average Bonchev–Trinajstić information content (AvgIpc) is 2.35. The van der Waals surface area contributed by atoms with Crippen molar-refractivity contribution in [3.8, 4) is 0 Å². The number of carboxylic acids is 1. The monoisotopic (exact) mass is 277 g/mol. The van der Waals surface area contributed by atoms with Gasteiger partial charge in [0.05, 0.1) is 12.2 Å². The van der Waals surface area contributed by atoms with Crippen molar-refractivity contribution in [2.24, 2.45) is 5.92 Å². The molecule has 6 heteroatoms. The number of sulfonamides is 1. The average molecular weight is 277 g/mol. The summed E-state index contributed by atoms with van der Waals surface area (Å²) in [7, 11) is -3.47. The maximum Gasteiger partial charge on any atom is 0.304 e. The van der Waals surface area contributed by atoms with Gasteiger partial charge in [0, 0.05) is 6.04 Å². The van der Waals surface area contributed by atoms with Gasteiger partial charge in [-0.1, -0.05) is 26.2 Å². The van der Waals surface area contributed by atoms with Crippen LogP contribution in [0.5, 0.6) is 0 Å². The molecule has 5 nitrogen and oxygen atoms in total. The van der Waals surface area contributed by atoms with Crippen LogP contribution in [0.2, 0.25) is 0 Å². The smallest absolute Gasteiger partial charge is 0.304 e. The molecular weight excluding hydrogens is 254 g/mol. The minimum absolute atomic E-state index is 0.0379. The molecule has 1 aliphatic rings. The third-order valence-electron chi connectivity index (χ3n) is 3.57. The van der Waals surface area contributed by atoms with Crippen LogP contribution in [0.3, 0.4) is 0 Å². The first-order valence-electron chi connectivity index (χ1n) is 6.66. The van der Waals surface area contributed by atoms with Gasteiger partial charge in [0.1, 0.15) is 0 Å². The minimum Gasteiger partial charge on any atom is -0.481 e. The Morgan fingerprint density at radius 1 is 1.33 bits per heavy atom. The van der Waals surface area contributed by atoms with Crippen molar-refractivity contribution in [2.75, 3.05) is 5.75 Å². The van der Waals surface area contributed by atoms with Crippen LogP contribution in [-0.2, 0) is 14.8 Å². The normalized spacial score (nSPS) is 19.6. The Kier molecular flexibility index (Phi) is 6.08. The SMILES string of the molecule is CCC(NS(=O)(=O)CCC(=O)O)C1CCCCC1. The van der Waals surface area contributed by atoms with Gasteiger partial charge in [-0.3, -0.25) is 4.79 Å². The van der Waals surface area contributed by atoms with Gasteiger partial charge in [0.2, 0.25) is 10.0 Å². The van der Waals surface area contributed by atoms with Crippen LogP contribution in [-0.4, -0.2) is 31.3 Å². The van der Waals surface area contributed by atoms with Crippen LogP contribution in [0.1, 0.15) is 51.9 Å². The van der Waals surface area contributed by atoms with E-state index in [1.165, 1.54) is 6.42 Å². The maximum atomic E-state index is 11.8. The molecule has 0 radical (unpaired) electrons. The highest BCUT2D eigenvalue weighted by Crippen LogP contribution is 2.28. The molecule has 0 spiro atoms. The molecule has 0 aromatic rings. The molecule has 18 heavy (non-hydrogen) atoms. The number of carbonyl (C=O) groups is 1. The van der Waals surface area contributed by atoms with Gasteiger partial charge in [-0.15, -0.1) is 0 Å². The Hall–Kier alpha value is -0.620. The van der Waals surface area contributed by atoms with Gasteiger partial charge < -0.3 is 5.11 Å². The second-order valence-electron chi connectivity index (χ2n) is 4.99. The van der Waals surface area contributed by atoms with Gasteiger partial charge in [0.15, 0.2) is 0 Å². The molecule has 106 valence electrons. The van der Waals surface area contributed by atoms with Gasteiger partial charge in [-0.05, 0) is 25.2 Å². The summed E-state index contributed by atoms with van der Waals surface area (Å²) in [6, 6.07) is -0.0379. The summed E-state index contributed by atoms with van der Waals surface area (Å²) in [4.78, 5) is 10.4. The van der Waals surface area contributed by atoms with Gasteiger partial charge in [0.25, 0.3) is 0 Å². The summed E-state index contributed by atoms with van der Waals surface area (Å²) in [5, 5.41) is 8.52. The van der Waals surface area contributed by atoms with E-state index in [9.17, 15) is 13.2 Å². The second kappa shape index (κ2) is 7.09. The van der Waals surface area contributed by atoms with Crippen molar-refractivity contribution in [3.05, 3.63) is 0 Å². The van der Waals surface area contributed by atoms with E-state index in [-0.39, 0.29) is 18.2 Å². The molecule has 2 N–H and O–H groups in total. The highest BCUT2D eigenvalue weighted by Gasteiger charge is 2.26. The van der Waals surface area contributed by atoms with Crippen molar-refractivity contribution in [3.63, 3.8) is 0 Å². The van der Waals surface area contributed by atoms with Crippen LogP contribution < -0.4 is 4.72 Å². The number of hydrogen-bond donors (Lipinski definition) is 2. The lowest BCUT2D eigenvalue weighted by molar-refractivity contribution is -0.136. The third-order valence-corrected chi connectivity index (χ3v) is 4.98. The molecule has 1 rings (SSSR count). The van der Waals surface area contributed by atoms with Crippen LogP contribution in [0, 0.1) is 5.92 Å². The van der Waals surface area contributed by atoms with Gasteiger partial charge in [-0.2, -0.15) is 0 Å². The molecule has 1 saturated carbocycles. The van der Waals surface area contributed by atoms with Crippen LogP contribution in [0.4, 0.5) is 0 Å². The van der Waals surface area contributed by atoms with E-state index in [1.54, 1.807) is 0 Å².